The maximum absolute atomic E-state index is 11.3. The van der Waals surface area contributed by atoms with Crippen molar-refractivity contribution >= 4 is 5.91 Å². The van der Waals surface area contributed by atoms with Crippen molar-refractivity contribution in [3.63, 3.8) is 0 Å². The Labute approximate surface area is 131 Å². The second kappa shape index (κ2) is 6.77. The van der Waals surface area contributed by atoms with E-state index in [4.69, 9.17) is 10.5 Å². The van der Waals surface area contributed by atoms with E-state index < -0.39 is 5.91 Å². The SMILES string of the molecule is NC(=O)c1cccc(CN2CCOC[C@@H]2[C@@H]2CCC[C@H]2O)c1. The summed E-state index contributed by atoms with van der Waals surface area (Å²) in [5.74, 6) is -0.105. The van der Waals surface area contributed by atoms with Crippen molar-refractivity contribution in [2.45, 2.75) is 38.0 Å². The minimum atomic E-state index is -0.397. The minimum absolute atomic E-state index is 0.217. The molecule has 0 aromatic heterocycles. The van der Waals surface area contributed by atoms with Gasteiger partial charge in [0.1, 0.15) is 0 Å². The molecule has 1 heterocycles. The Morgan fingerprint density at radius 2 is 2.27 bits per heavy atom. The molecule has 0 bridgehead atoms. The highest BCUT2D eigenvalue weighted by Crippen LogP contribution is 2.32. The number of carbonyl (C=O) groups excluding carboxylic acids is 1. The largest absolute Gasteiger partial charge is 0.393 e. The number of benzene rings is 1. The molecule has 1 amide bonds. The van der Waals surface area contributed by atoms with Gasteiger partial charge in [0.2, 0.25) is 5.91 Å². The van der Waals surface area contributed by atoms with E-state index in [0.717, 1.165) is 44.5 Å². The second-order valence-electron chi connectivity index (χ2n) is 6.34. The van der Waals surface area contributed by atoms with E-state index in [2.05, 4.69) is 4.90 Å². The Kier molecular flexibility index (Phi) is 4.76. The van der Waals surface area contributed by atoms with Crippen LogP contribution in [-0.2, 0) is 11.3 Å². The molecule has 0 spiro atoms. The summed E-state index contributed by atoms with van der Waals surface area (Å²) in [4.78, 5) is 13.7. The summed E-state index contributed by atoms with van der Waals surface area (Å²) in [5, 5.41) is 10.2. The monoisotopic (exact) mass is 304 g/mol. The fraction of sp³-hybridized carbons (Fsp3) is 0.588. The zero-order valence-electron chi connectivity index (χ0n) is 12.8. The summed E-state index contributed by atoms with van der Waals surface area (Å²) in [7, 11) is 0. The van der Waals surface area contributed by atoms with Crippen molar-refractivity contribution in [3.8, 4) is 0 Å². The van der Waals surface area contributed by atoms with E-state index >= 15 is 0 Å². The number of rotatable bonds is 4. The summed E-state index contributed by atoms with van der Waals surface area (Å²) < 4.78 is 5.65. The van der Waals surface area contributed by atoms with Gasteiger partial charge in [-0.15, -0.1) is 0 Å². The minimum Gasteiger partial charge on any atom is -0.393 e. The molecule has 0 unspecified atom stereocenters. The molecule has 22 heavy (non-hydrogen) atoms. The summed E-state index contributed by atoms with van der Waals surface area (Å²) >= 11 is 0. The number of hydrogen-bond acceptors (Lipinski definition) is 4. The van der Waals surface area contributed by atoms with Crippen LogP contribution in [0.4, 0.5) is 0 Å². The average molecular weight is 304 g/mol. The highest BCUT2D eigenvalue weighted by atomic mass is 16.5. The molecule has 5 nitrogen and oxygen atoms in total. The molecule has 3 N–H and O–H groups in total. The fourth-order valence-corrected chi connectivity index (χ4v) is 3.72. The standard InChI is InChI=1S/C17H24N2O3/c18-17(21)13-4-1-3-12(9-13)10-19-7-8-22-11-15(19)14-5-2-6-16(14)20/h1,3-4,9,14-16,20H,2,5-8,10-11H2,(H2,18,21)/t14-,15+,16+/m0/s1. The Morgan fingerprint density at radius 3 is 3.00 bits per heavy atom. The van der Waals surface area contributed by atoms with Crippen LogP contribution in [0.2, 0.25) is 0 Å². The number of morpholine rings is 1. The van der Waals surface area contributed by atoms with Gasteiger partial charge in [-0.2, -0.15) is 0 Å². The number of primary amides is 1. The van der Waals surface area contributed by atoms with Crippen molar-refractivity contribution in [1.29, 1.82) is 0 Å². The molecule has 1 aliphatic carbocycles. The molecule has 3 atom stereocenters. The van der Waals surface area contributed by atoms with Gasteiger partial charge in [-0.1, -0.05) is 18.6 Å². The summed E-state index contributed by atoms with van der Waals surface area (Å²) in [5.41, 5.74) is 6.98. The highest BCUT2D eigenvalue weighted by Gasteiger charge is 2.37. The first-order valence-corrected chi connectivity index (χ1v) is 8.04. The number of nitrogens with two attached hydrogens (primary N) is 1. The van der Waals surface area contributed by atoms with Crippen LogP contribution in [0, 0.1) is 5.92 Å². The van der Waals surface area contributed by atoms with Gasteiger partial charge >= 0.3 is 0 Å². The fourth-order valence-electron chi connectivity index (χ4n) is 3.72. The van der Waals surface area contributed by atoms with Crippen LogP contribution < -0.4 is 5.73 Å². The third kappa shape index (κ3) is 3.32. The van der Waals surface area contributed by atoms with Crippen LogP contribution >= 0.6 is 0 Å². The third-order valence-electron chi connectivity index (χ3n) is 4.90. The van der Waals surface area contributed by atoms with E-state index in [1.165, 1.54) is 0 Å². The summed E-state index contributed by atoms with van der Waals surface area (Å²) in [6.07, 6.45) is 2.83. The lowest BCUT2D eigenvalue weighted by Crippen LogP contribution is -2.50. The van der Waals surface area contributed by atoms with Gasteiger partial charge in [0, 0.05) is 30.6 Å². The maximum atomic E-state index is 11.3. The van der Waals surface area contributed by atoms with Gasteiger partial charge < -0.3 is 15.6 Å². The zero-order valence-corrected chi connectivity index (χ0v) is 12.8. The normalized spacial score (nSPS) is 29.6. The first-order valence-electron chi connectivity index (χ1n) is 8.04. The van der Waals surface area contributed by atoms with E-state index in [1.54, 1.807) is 6.07 Å². The molecule has 5 heteroatoms. The van der Waals surface area contributed by atoms with Gasteiger partial charge in [0.05, 0.1) is 19.3 Å². The van der Waals surface area contributed by atoms with Crippen LogP contribution in [0.15, 0.2) is 24.3 Å². The summed E-state index contributed by atoms with van der Waals surface area (Å²) in [6, 6.07) is 7.74. The maximum Gasteiger partial charge on any atom is 0.248 e. The molecule has 1 aromatic carbocycles. The molecule has 1 aliphatic heterocycles. The molecular weight excluding hydrogens is 280 g/mol. The van der Waals surface area contributed by atoms with Crippen LogP contribution in [-0.4, -0.2) is 47.8 Å². The van der Waals surface area contributed by atoms with E-state index in [9.17, 15) is 9.90 Å². The Hall–Kier alpha value is -1.43. The van der Waals surface area contributed by atoms with E-state index in [-0.39, 0.29) is 12.1 Å². The first kappa shape index (κ1) is 15.5. The van der Waals surface area contributed by atoms with Crippen molar-refractivity contribution in [2.24, 2.45) is 11.7 Å². The van der Waals surface area contributed by atoms with Crippen molar-refractivity contribution in [2.75, 3.05) is 19.8 Å². The lowest BCUT2D eigenvalue weighted by molar-refractivity contribution is -0.0536. The Morgan fingerprint density at radius 1 is 1.41 bits per heavy atom. The average Bonchev–Trinajstić information content (AvgIpc) is 2.94. The molecule has 1 saturated carbocycles. The predicted molar refractivity (Wildman–Crippen MR) is 83.3 cm³/mol. The van der Waals surface area contributed by atoms with Crippen LogP contribution in [0.25, 0.3) is 0 Å². The summed E-state index contributed by atoms with van der Waals surface area (Å²) in [6.45, 7) is 3.01. The van der Waals surface area contributed by atoms with Gasteiger partial charge in [-0.3, -0.25) is 9.69 Å². The zero-order chi connectivity index (χ0) is 15.5. The third-order valence-corrected chi connectivity index (χ3v) is 4.90. The molecule has 120 valence electrons. The van der Waals surface area contributed by atoms with Gasteiger partial charge in [0.25, 0.3) is 0 Å². The van der Waals surface area contributed by atoms with E-state index in [0.29, 0.717) is 18.1 Å². The lowest BCUT2D eigenvalue weighted by atomic mass is 9.94. The van der Waals surface area contributed by atoms with Gasteiger partial charge in [-0.05, 0) is 30.5 Å². The van der Waals surface area contributed by atoms with E-state index in [1.807, 2.05) is 18.2 Å². The molecule has 3 rings (SSSR count). The van der Waals surface area contributed by atoms with Crippen LogP contribution in [0.3, 0.4) is 0 Å². The smallest absolute Gasteiger partial charge is 0.248 e. The lowest BCUT2D eigenvalue weighted by Gasteiger charge is -2.40. The number of amides is 1. The topological polar surface area (TPSA) is 75.8 Å². The Bertz CT molecular complexity index is 534. The highest BCUT2D eigenvalue weighted by molar-refractivity contribution is 5.92. The molecule has 1 aromatic rings. The quantitative estimate of drug-likeness (QED) is 0.875. The van der Waals surface area contributed by atoms with Crippen LogP contribution in [0.5, 0.6) is 0 Å². The van der Waals surface area contributed by atoms with Gasteiger partial charge in [-0.25, -0.2) is 0 Å². The first-order chi connectivity index (χ1) is 10.6. The number of aliphatic hydroxyl groups excluding tert-OH is 1. The number of aliphatic hydroxyl groups is 1. The molecular formula is C17H24N2O3. The molecule has 1 saturated heterocycles. The van der Waals surface area contributed by atoms with Crippen LogP contribution in [0.1, 0.15) is 35.2 Å². The van der Waals surface area contributed by atoms with Crippen molar-refractivity contribution in [1.82, 2.24) is 4.90 Å². The molecule has 0 radical (unpaired) electrons. The molecule has 2 fully saturated rings. The van der Waals surface area contributed by atoms with Crippen molar-refractivity contribution in [3.05, 3.63) is 35.4 Å². The van der Waals surface area contributed by atoms with Crippen molar-refractivity contribution < 1.29 is 14.6 Å². The second-order valence-corrected chi connectivity index (χ2v) is 6.34. The number of nitrogens with zero attached hydrogens (tertiary/aromatic N) is 1. The van der Waals surface area contributed by atoms with Gasteiger partial charge in [0.15, 0.2) is 0 Å². The molecule has 2 aliphatic rings. The number of hydrogen-bond donors (Lipinski definition) is 2. The predicted octanol–water partition coefficient (Wildman–Crippen LogP) is 1.15. The number of ether oxygens (including phenoxy) is 1. The Balaban J connectivity index is 1.74. The number of carbonyl (C=O) groups is 1.